The van der Waals surface area contributed by atoms with Crippen molar-refractivity contribution < 1.29 is 18.0 Å². The zero-order valence-electron chi connectivity index (χ0n) is 11.6. The summed E-state index contributed by atoms with van der Waals surface area (Å²) in [5, 5.41) is 0. The lowest BCUT2D eigenvalue weighted by Crippen LogP contribution is -2.42. The largest absolute Gasteiger partial charge is 0.288 e. The van der Waals surface area contributed by atoms with E-state index < -0.39 is 21.7 Å². The van der Waals surface area contributed by atoms with Crippen LogP contribution in [0.4, 0.5) is 0 Å². The molecular weight excluding hydrogens is 294 g/mol. The number of carbonyl (C=O) groups is 2. The van der Waals surface area contributed by atoms with Crippen LogP contribution in [0.15, 0.2) is 18.2 Å². The number of aromatic nitrogens is 1. The van der Waals surface area contributed by atoms with Crippen LogP contribution in [0.25, 0.3) is 0 Å². The predicted octanol–water partition coefficient (Wildman–Crippen LogP) is -0.0242. The maximum absolute atomic E-state index is 11.8. The molecule has 2 N–H and O–H groups in total. The van der Waals surface area contributed by atoms with Gasteiger partial charge in [-0.1, -0.05) is 6.07 Å². The van der Waals surface area contributed by atoms with Crippen LogP contribution in [0, 0.1) is 12.8 Å². The molecule has 0 aliphatic carbocycles. The average molecular weight is 311 g/mol. The normalized spacial score (nSPS) is 20.0. The van der Waals surface area contributed by atoms with Crippen LogP contribution < -0.4 is 10.9 Å². The SMILES string of the molecule is Cc1cccc(C(=O)NNC(=O)CC2CCS(=O)(=O)C2)n1. The first-order valence-corrected chi connectivity index (χ1v) is 8.41. The lowest BCUT2D eigenvalue weighted by atomic mass is 10.1. The lowest BCUT2D eigenvalue weighted by Gasteiger charge is -2.09. The van der Waals surface area contributed by atoms with Gasteiger partial charge in [-0.15, -0.1) is 0 Å². The van der Waals surface area contributed by atoms with E-state index in [1.807, 2.05) is 0 Å². The van der Waals surface area contributed by atoms with Gasteiger partial charge in [0.25, 0.3) is 5.91 Å². The highest BCUT2D eigenvalue weighted by Crippen LogP contribution is 2.21. The van der Waals surface area contributed by atoms with Crippen molar-refractivity contribution in [1.29, 1.82) is 0 Å². The third kappa shape index (κ3) is 4.52. The van der Waals surface area contributed by atoms with E-state index in [1.54, 1.807) is 19.1 Å². The van der Waals surface area contributed by atoms with Gasteiger partial charge in [-0.25, -0.2) is 13.4 Å². The summed E-state index contributed by atoms with van der Waals surface area (Å²) in [6, 6.07) is 5.00. The molecule has 1 fully saturated rings. The first kappa shape index (κ1) is 15.4. The van der Waals surface area contributed by atoms with Crippen LogP contribution in [-0.4, -0.2) is 36.7 Å². The Hall–Kier alpha value is -1.96. The molecule has 114 valence electrons. The predicted molar refractivity (Wildman–Crippen MR) is 76.0 cm³/mol. The summed E-state index contributed by atoms with van der Waals surface area (Å²) in [5.74, 6) is -0.925. The Bertz CT molecular complexity index is 657. The van der Waals surface area contributed by atoms with Crippen LogP contribution in [0.5, 0.6) is 0 Å². The average Bonchev–Trinajstić information content (AvgIpc) is 2.75. The van der Waals surface area contributed by atoms with Crippen molar-refractivity contribution in [3.63, 3.8) is 0 Å². The minimum atomic E-state index is -3.00. The van der Waals surface area contributed by atoms with Crippen LogP contribution in [0.2, 0.25) is 0 Å². The topological polar surface area (TPSA) is 105 Å². The molecule has 1 saturated heterocycles. The van der Waals surface area contributed by atoms with Gasteiger partial charge in [-0.3, -0.25) is 20.4 Å². The molecule has 7 nitrogen and oxygen atoms in total. The van der Waals surface area contributed by atoms with E-state index in [4.69, 9.17) is 0 Å². The Morgan fingerprint density at radius 2 is 2.10 bits per heavy atom. The van der Waals surface area contributed by atoms with Gasteiger partial charge in [-0.05, 0) is 31.4 Å². The first-order valence-electron chi connectivity index (χ1n) is 6.59. The molecule has 8 heteroatoms. The molecular formula is C13H17N3O4S. The summed E-state index contributed by atoms with van der Waals surface area (Å²) in [6.45, 7) is 1.76. The van der Waals surface area contributed by atoms with E-state index in [2.05, 4.69) is 15.8 Å². The van der Waals surface area contributed by atoms with Gasteiger partial charge in [0.05, 0.1) is 11.5 Å². The number of nitrogens with zero attached hydrogens (tertiary/aromatic N) is 1. The Morgan fingerprint density at radius 1 is 1.33 bits per heavy atom. The number of nitrogens with one attached hydrogen (secondary N) is 2. The van der Waals surface area contributed by atoms with Gasteiger partial charge in [0.2, 0.25) is 5.91 Å². The minimum Gasteiger partial charge on any atom is -0.273 e. The summed E-state index contributed by atoms with van der Waals surface area (Å²) in [6.07, 6.45) is 0.573. The molecule has 0 spiro atoms. The van der Waals surface area contributed by atoms with E-state index in [-0.39, 0.29) is 29.5 Å². The second-order valence-electron chi connectivity index (χ2n) is 5.14. The van der Waals surface area contributed by atoms with Crippen molar-refractivity contribution in [2.75, 3.05) is 11.5 Å². The second-order valence-corrected chi connectivity index (χ2v) is 7.37. The van der Waals surface area contributed by atoms with Crippen molar-refractivity contribution in [2.45, 2.75) is 19.8 Å². The monoisotopic (exact) mass is 311 g/mol. The van der Waals surface area contributed by atoms with E-state index in [9.17, 15) is 18.0 Å². The summed E-state index contributed by atoms with van der Waals surface area (Å²) < 4.78 is 22.6. The van der Waals surface area contributed by atoms with E-state index >= 15 is 0 Å². The number of hydrogen-bond acceptors (Lipinski definition) is 5. The number of rotatable bonds is 3. The molecule has 1 aromatic heterocycles. The first-order chi connectivity index (χ1) is 9.85. The van der Waals surface area contributed by atoms with Crippen molar-refractivity contribution in [2.24, 2.45) is 5.92 Å². The molecule has 0 radical (unpaired) electrons. The number of carbonyl (C=O) groups excluding carboxylic acids is 2. The molecule has 0 bridgehead atoms. The maximum atomic E-state index is 11.8. The van der Waals surface area contributed by atoms with E-state index in [0.717, 1.165) is 0 Å². The molecule has 1 aliphatic heterocycles. The number of pyridine rings is 1. The zero-order valence-corrected chi connectivity index (χ0v) is 12.4. The second kappa shape index (κ2) is 6.21. The van der Waals surface area contributed by atoms with Crippen molar-refractivity contribution >= 4 is 21.7 Å². The molecule has 0 saturated carbocycles. The van der Waals surface area contributed by atoms with Crippen molar-refractivity contribution in [3.05, 3.63) is 29.6 Å². The number of hydrogen-bond donors (Lipinski definition) is 2. The minimum absolute atomic E-state index is 0.0355. The summed E-state index contributed by atoms with van der Waals surface area (Å²) >= 11 is 0. The van der Waals surface area contributed by atoms with Gasteiger partial charge >= 0.3 is 0 Å². The fraction of sp³-hybridized carbons (Fsp3) is 0.462. The Morgan fingerprint density at radius 3 is 2.71 bits per heavy atom. The Balaban J connectivity index is 1.80. The van der Waals surface area contributed by atoms with Gasteiger partial charge in [0, 0.05) is 12.1 Å². The number of hydrazine groups is 1. The highest BCUT2D eigenvalue weighted by molar-refractivity contribution is 7.91. The van der Waals surface area contributed by atoms with Crippen molar-refractivity contribution in [3.8, 4) is 0 Å². The molecule has 2 rings (SSSR count). The standard InChI is InChI=1S/C13H17N3O4S/c1-9-3-2-4-11(14-9)13(18)16-15-12(17)7-10-5-6-21(19,20)8-10/h2-4,10H,5-8H2,1H3,(H,15,17)(H,16,18). The molecule has 1 aliphatic rings. The van der Waals surface area contributed by atoms with Gasteiger partial charge < -0.3 is 0 Å². The summed E-state index contributed by atoms with van der Waals surface area (Å²) in [7, 11) is -3.00. The Labute approximate surface area is 123 Å². The van der Waals surface area contributed by atoms with E-state index in [1.165, 1.54) is 6.07 Å². The highest BCUT2D eigenvalue weighted by Gasteiger charge is 2.29. The third-order valence-corrected chi connectivity index (χ3v) is 5.07. The fourth-order valence-electron chi connectivity index (χ4n) is 2.21. The highest BCUT2D eigenvalue weighted by atomic mass is 32.2. The molecule has 2 amide bonds. The number of sulfone groups is 1. The summed E-state index contributed by atoms with van der Waals surface area (Å²) in [4.78, 5) is 27.5. The lowest BCUT2D eigenvalue weighted by molar-refractivity contribution is -0.122. The number of amides is 2. The Kier molecular flexibility index (Phi) is 4.56. The van der Waals surface area contributed by atoms with Crippen LogP contribution in [0.1, 0.15) is 29.0 Å². The van der Waals surface area contributed by atoms with Crippen molar-refractivity contribution in [1.82, 2.24) is 15.8 Å². The molecule has 1 aromatic rings. The molecule has 2 heterocycles. The zero-order chi connectivity index (χ0) is 15.5. The summed E-state index contributed by atoms with van der Waals surface area (Å²) in [5.41, 5.74) is 5.46. The van der Waals surface area contributed by atoms with E-state index in [0.29, 0.717) is 12.1 Å². The molecule has 21 heavy (non-hydrogen) atoms. The van der Waals surface area contributed by atoms with Gasteiger partial charge in [0.15, 0.2) is 9.84 Å². The van der Waals surface area contributed by atoms with Crippen LogP contribution >= 0.6 is 0 Å². The maximum Gasteiger partial charge on any atom is 0.288 e. The third-order valence-electron chi connectivity index (χ3n) is 3.24. The fourth-order valence-corrected chi connectivity index (χ4v) is 4.07. The molecule has 1 unspecified atom stereocenters. The molecule has 0 aromatic carbocycles. The number of aryl methyl sites for hydroxylation is 1. The smallest absolute Gasteiger partial charge is 0.273 e. The quantitative estimate of drug-likeness (QED) is 0.763. The van der Waals surface area contributed by atoms with Crippen LogP contribution in [-0.2, 0) is 14.6 Å². The van der Waals surface area contributed by atoms with Crippen LogP contribution in [0.3, 0.4) is 0 Å². The van der Waals surface area contributed by atoms with Gasteiger partial charge in [0.1, 0.15) is 5.69 Å². The van der Waals surface area contributed by atoms with Gasteiger partial charge in [-0.2, -0.15) is 0 Å². The molecule has 1 atom stereocenters.